The molecule has 1 amide bonds. The molecule has 10 nitrogen and oxygen atoms in total. The highest BCUT2D eigenvalue weighted by atomic mass is 35.5. The molecule has 1 aliphatic heterocycles. The maximum Gasteiger partial charge on any atom is 0.264 e. The highest BCUT2D eigenvalue weighted by Gasteiger charge is 2.35. The number of nitrogens with one attached hydrogen (secondary N) is 1. The number of ether oxygens (including phenoxy) is 2. The van der Waals surface area contributed by atoms with E-state index in [9.17, 15) is 21.6 Å². The number of amides is 1. The van der Waals surface area contributed by atoms with Crippen LogP contribution >= 0.6 is 11.6 Å². The van der Waals surface area contributed by atoms with Crippen LogP contribution in [0, 0.1) is 0 Å². The van der Waals surface area contributed by atoms with Crippen LogP contribution in [-0.2, 0) is 31.3 Å². The predicted molar refractivity (Wildman–Crippen MR) is 165 cm³/mol. The molecule has 0 aromatic heterocycles. The van der Waals surface area contributed by atoms with Gasteiger partial charge in [-0.1, -0.05) is 36.9 Å². The first kappa shape index (κ1) is 31.1. The Morgan fingerprint density at radius 1 is 0.907 bits per heavy atom. The number of hydrogen-bond donors (Lipinski definition) is 1. The molecule has 0 unspecified atom stereocenters. The highest BCUT2D eigenvalue weighted by molar-refractivity contribution is 7.92. The third kappa shape index (κ3) is 6.47. The molecule has 2 aliphatic rings. The predicted octanol–water partition coefficient (Wildman–Crippen LogP) is 5.07. The molecule has 0 bridgehead atoms. The lowest BCUT2D eigenvalue weighted by Gasteiger charge is -2.33. The number of sulfonamides is 2. The van der Waals surface area contributed by atoms with E-state index in [4.69, 9.17) is 21.1 Å². The Morgan fingerprint density at radius 2 is 1.58 bits per heavy atom. The summed E-state index contributed by atoms with van der Waals surface area (Å²) in [6.07, 6.45) is 4.57. The highest BCUT2D eigenvalue weighted by Crippen LogP contribution is 2.36. The van der Waals surface area contributed by atoms with Crippen LogP contribution in [-0.4, -0.2) is 60.4 Å². The summed E-state index contributed by atoms with van der Waals surface area (Å²) in [5, 5.41) is 3.23. The molecule has 0 saturated heterocycles. The van der Waals surface area contributed by atoms with Crippen molar-refractivity contribution >= 4 is 48.9 Å². The molecule has 3 aromatic rings. The van der Waals surface area contributed by atoms with Gasteiger partial charge in [-0.25, -0.2) is 16.8 Å². The fraction of sp³-hybridized carbons (Fsp3) is 0.367. The molecule has 3 aromatic carbocycles. The standard InChI is InChI=1S/C30H34ClN3O7S2/c1-40-28-15-14-26(19-29(28)41-2)43(38,39)34(24-6-4-3-5-7-24)20-30(35)32-23-11-8-21-16-17-33(27(21)18-23)42(36,37)25-12-9-22(31)10-13-25/h8-15,18-19,24H,3-7,16-17,20H2,1-2H3,(H,32,35). The van der Waals surface area contributed by atoms with E-state index in [1.807, 2.05) is 0 Å². The normalized spacial score (nSPS) is 15.8. The Balaban J connectivity index is 1.39. The zero-order chi connectivity index (χ0) is 30.8. The summed E-state index contributed by atoms with van der Waals surface area (Å²) in [6.45, 7) is -0.137. The van der Waals surface area contributed by atoms with Gasteiger partial charge in [0.15, 0.2) is 11.5 Å². The molecule has 1 heterocycles. The third-order valence-corrected chi connectivity index (χ3v) is 11.8. The van der Waals surface area contributed by atoms with Gasteiger partial charge in [0, 0.05) is 29.4 Å². The molecule has 0 radical (unpaired) electrons. The molecule has 1 aliphatic carbocycles. The quantitative estimate of drug-likeness (QED) is 0.326. The number of benzene rings is 3. The summed E-state index contributed by atoms with van der Waals surface area (Å²) < 4.78 is 67.8. The van der Waals surface area contributed by atoms with Crippen LogP contribution in [0.3, 0.4) is 0 Å². The minimum absolute atomic E-state index is 0.00380. The van der Waals surface area contributed by atoms with E-state index in [0.717, 1.165) is 24.8 Å². The van der Waals surface area contributed by atoms with Gasteiger partial charge in [0.2, 0.25) is 15.9 Å². The molecule has 13 heteroatoms. The molecule has 1 N–H and O–H groups in total. The number of nitrogens with zero attached hydrogens (tertiary/aromatic N) is 2. The summed E-state index contributed by atoms with van der Waals surface area (Å²) in [6, 6.07) is 15.1. The van der Waals surface area contributed by atoms with Gasteiger partial charge in [-0.3, -0.25) is 9.10 Å². The maximum absolute atomic E-state index is 13.9. The van der Waals surface area contributed by atoms with Crippen LogP contribution < -0.4 is 19.1 Å². The first-order chi connectivity index (χ1) is 20.5. The Bertz CT molecular complexity index is 1710. The lowest BCUT2D eigenvalue weighted by Crippen LogP contribution is -2.45. The Labute approximate surface area is 257 Å². The lowest BCUT2D eigenvalue weighted by molar-refractivity contribution is -0.116. The van der Waals surface area contributed by atoms with Crippen molar-refractivity contribution in [1.29, 1.82) is 0 Å². The fourth-order valence-corrected chi connectivity index (χ4v) is 8.92. The molecule has 230 valence electrons. The van der Waals surface area contributed by atoms with Crippen LogP contribution in [0.1, 0.15) is 37.7 Å². The molecule has 0 atom stereocenters. The summed E-state index contributed by atoms with van der Waals surface area (Å²) in [5.74, 6) is 0.139. The maximum atomic E-state index is 13.9. The molecule has 43 heavy (non-hydrogen) atoms. The number of anilines is 2. The Hall–Kier alpha value is -3.32. The smallest absolute Gasteiger partial charge is 0.264 e. The first-order valence-electron chi connectivity index (χ1n) is 14.0. The van der Waals surface area contributed by atoms with Crippen molar-refractivity contribution in [1.82, 2.24) is 4.31 Å². The van der Waals surface area contributed by atoms with Crippen LogP contribution in [0.15, 0.2) is 70.5 Å². The number of fused-ring (bicyclic) bond motifs is 1. The van der Waals surface area contributed by atoms with Crippen LogP contribution in [0.4, 0.5) is 11.4 Å². The van der Waals surface area contributed by atoms with Crippen molar-refractivity contribution in [3.05, 3.63) is 71.2 Å². The number of carbonyl (C=O) groups excluding carboxylic acids is 1. The number of hydrogen-bond acceptors (Lipinski definition) is 7. The Morgan fingerprint density at radius 3 is 2.26 bits per heavy atom. The molecular formula is C30H34ClN3O7S2. The van der Waals surface area contributed by atoms with Gasteiger partial charge in [0.1, 0.15) is 0 Å². The van der Waals surface area contributed by atoms with Crippen molar-refractivity contribution in [2.45, 2.75) is 54.4 Å². The van der Waals surface area contributed by atoms with E-state index < -0.39 is 32.5 Å². The second kappa shape index (κ2) is 12.7. The molecular weight excluding hydrogens is 614 g/mol. The average molecular weight is 648 g/mol. The SMILES string of the molecule is COc1ccc(S(=O)(=O)N(CC(=O)Nc2ccc3c(c2)N(S(=O)(=O)c2ccc(Cl)cc2)CC3)C2CCCCC2)cc1OC. The lowest BCUT2D eigenvalue weighted by atomic mass is 9.95. The zero-order valence-electron chi connectivity index (χ0n) is 24.0. The topological polar surface area (TPSA) is 122 Å². The van der Waals surface area contributed by atoms with Crippen molar-refractivity contribution in [2.75, 3.05) is 36.9 Å². The average Bonchev–Trinajstić information content (AvgIpc) is 3.44. The van der Waals surface area contributed by atoms with Crippen molar-refractivity contribution in [2.24, 2.45) is 0 Å². The summed E-state index contributed by atoms with van der Waals surface area (Å²) in [4.78, 5) is 13.5. The monoisotopic (exact) mass is 647 g/mol. The molecule has 5 rings (SSSR count). The second-order valence-electron chi connectivity index (χ2n) is 10.5. The van der Waals surface area contributed by atoms with E-state index in [1.54, 1.807) is 18.2 Å². The van der Waals surface area contributed by atoms with Gasteiger partial charge < -0.3 is 14.8 Å². The van der Waals surface area contributed by atoms with E-state index in [2.05, 4.69) is 5.32 Å². The fourth-order valence-electron chi connectivity index (χ4n) is 5.64. The van der Waals surface area contributed by atoms with Crippen LogP contribution in [0.5, 0.6) is 11.5 Å². The number of carbonyl (C=O) groups is 1. The number of rotatable bonds is 10. The van der Waals surface area contributed by atoms with Crippen molar-refractivity contribution in [3.63, 3.8) is 0 Å². The van der Waals surface area contributed by atoms with Gasteiger partial charge in [0.05, 0.1) is 36.2 Å². The molecule has 1 saturated carbocycles. The minimum Gasteiger partial charge on any atom is -0.493 e. The van der Waals surface area contributed by atoms with Gasteiger partial charge in [0.25, 0.3) is 10.0 Å². The summed E-state index contributed by atoms with van der Waals surface area (Å²) in [5.41, 5.74) is 1.67. The van der Waals surface area contributed by atoms with E-state index in [0.29, 0.717) is 41.4 Å². The van der Waals surface area contributed by atoms with Gasteiger partial charge in [-0.05, 0) is 73.4 Å². The largest absolute Gasteiger partial charge is 0.493 e. The summed E-state index contributed by atoms with van der Waals surface area (Å²) in [7, 11) is -5.03. The van der Waals surface area contributed by atoms with E-state index in [-0.39, 0.29) is 28.1 Å². The van der Waals surface area contributed by atoms with Crippen LogP contribution in [0.25, 0.3) is 0 Å². The number of methoxy groups -OCH3 is 2. The second-order valence-corrected chi connectivity index (χ2v) is 14.7. The van der Waals surface area contributed by atoms with E-state index in [1.165, 1.54) is 65.3 Å². The van der Waals surface area contributed by atoms with Crippen LogP contribution in [0.2, 0.25) is 5.02 Å². The zero-order valence-corrected chi connectivity index (χ0v) is 26.3. The summed E-state index contributed by atoms with van der Waals surface area (Å²) >= 11 is 5.95. The third-order valence-electron chi connectivity index (χ3n) is 7.87. The van der Waals surface area contributed by atoms with Gasteiger partial charge >= 0.3 is 0 Å². The van der Waals surface area contributed by atoms with Crippen molar-refractivity contribution < 1.29 is 31.1 Å². The van der Waals surface area contributed by atoms with Gasteiger partial charge in [-0.2, -0.15) is 4.31 Å². The first-order valence-corrected chi connectivity index (χ1v) is 17.3. The van der Waals surface area contributed by atoms with Crippen molar-refractivity contribution in [3.8, 4) is 11.5 Å². The minimum atomic E-state index is -4.08. The molecule has 1 fully saturated rings. The van der Waals surface area contributed by atoms with Gasteiger partial charge in [-0.15, -0.1) is 0 Å². The Kier molecular flexibility index (Phi) is 9.21. The number of halogens is 1. The van der Waals surface area contributed by atoms with E-state index >= 15 is 0 Å². The molecule has 0 spiro atoms.